The molecule has 2 N–H and O–H groups in total. The fraction of sp³-hybridized carbons (Fsp3) is 0.385. The number of rotatable bonds is 4. The van der Waals surface area contributed by atoms with Crippen LogP contribution in [-0.2, 0) is 11.2 Å². The molecule has 0 bridgehead atoms. The lowest BCUT2D eigenvalue weighted by molar-refractivity contribution is -0.171. The Bertz CT molecular complexity index is 521. The number of halogens is 3. The second kappa shape index (κ2) is 5.42. The number of amides is 1. The number of hydrogen-bond donors (Lipinski definition) is 1. The van der Waals surface area contributed by atoms with Crippen molar-refractivity contribution in [3.05, 3.63) is 34.4 Å². The maximum Gasteiger partial charge on any atom is 0.449 e. The van der Waals surface area contributed by atoms with E-state index in [0.29, 0.717) is 22.3 Å². The van der Waals surface area contributed by atoms with E-state index in [1.54, 1.807) is 26.0 Å². The number of nitrogens with two attached hydrogens (primary N) is 1. The average molecular weight is 273 g/mol. The molecule has 0 aliphatic heterocycles. The topological polar surface area (TPSA) is 60.2 Å². The van der Waals surface area contributed by atoms with Crippen molar-refractivity contribution in [2.24, 2.45) is 5.73 Å². The van der Waals surface area contributed by atoms with Crippen molar-refractivity contribution in [3.63, 3.8) is 0 Å². The van der Waals surface area contributed by atoms with Crippen molar-refractivity contribution in [2.75, 3.05) is 0 Å². The van der Waals surface area contributed by atoms with Crippen LogP contribution in [-0.4, -0.2) is 17.9 Å². The molecule has 1 aromatic carbocycles. The Balaban J connectivity index is 2.95. The van der Waals surface area contributed by atoms with Crippen LogP contribution in [0.2, 0.25) is 0 Å². The number of carbonyl (C=O) groups excluding carboxylic acids is 2. The molecule has 0 aliphatic rings. The first-order valence-corrected chi connectivity index (χ1v) is 5.63. The number of aryl methyl sites for hydroxylation is 2. The summed E-state index contributed by atoms with van der Waals surface area (Å²) in [7, 11) is 0. The normalized spacial score (nSPS) is 11.4. The number of alkyl halides is 3. The van der Waals surface area contributed by atoms with Crippen LogP contribution in [0.3, 0.4) is 0 Å². The molecule has 0 fully saturated rings. The zero-order valence-corrected chi connectivity index (χ0v) is 10.6. The van der Waals surface area contributed by atoms with E-state index in [1.807, 2.05) is 0 Å². The molecule has 1 aromatic rings. The number of benzene rings is 1. The minimum absolute atomic E-state index is 0.0647. The Labute approximate surface area is 108 Å². The molecule has 1 rings (SSSR count). The molecular formula is C13H14F3NO2. The highest BCUT2D eigenvalue weighted by atomic mass is 19.4. The molecular weight excluding hydrogens is 259 g/mol. The van der Waals surface area contributed by atoms with Crippen molar-refractivity contribution < 1.29 is 22.8 Å². The number of carbonyl (C=O) groups is 2. The molecule has 0 saturated heterocycles. The van der Waals surface area contributed by atoms with Gasteiger partial charge < -0.3 is 5.73 Å². The smallest absolute Gasteiger partial charge is 0.366 e. The molecule has 1 amide bonds. The van der Waals surface area contributed by atoms with Crippen LogP contribution in [0.4, 0.5) is 13.2 Å². The number of primary amides is 1. The quantitative estimate of drug-likeness (QED) is 0.916. The summed E-state index contributed by atoms with van der Waals surface area (Å²) >= 11 is 0. The first-order valence-electron chi connectivity index (χ1n) is 5.63. The van der Waals surface area contributed by atoms with Crippen LogP contribution in [0.25, 0.3) is 0 Å². The van der Waals surface area contributed by atoms with Gasteiger partial charge in [0.15, 0.2) is 0 Å². The minimum Gasteiger partial charge on any atom is -0.366 e. The molecule has 104 valence electrons. The van der Waals surface area contributed by atoms with Gasteiger partial charge in [0.1, 0.15) is 0 Å². The Kier molecular flexibility index (Phi) is 4.34. The molecule has 0 aromatic heterocycles. The maximum absolute atomic E-state index is 12.1. The zero-order valence-electron chi connectivity index (χ0n) is 10.6. The summed E-state index contributed by atoms with van der Waals surface area (Å²) in [5.74, 6) is -2.40. The highest BCUT2D eigenvalue weighted by Gasteiger charge is 2.37. The van der Waals surface area contributed by atoms with Crippen molar-refractivity contribution in [2.45, 2.75) is 32.9 Å². The van der Waals surface area contributed by atoms with E-state index >= 15 is 0 Å². The van der Waals surface area contributed by atoms with Gasteiger partial charge in [0.2, 0.25) is 11.7 Å². The summed E-state index contributed by atoms with van der Waals surface area (Å²) in [6.07, 6.45) is -5.51. The van der Waals surface area contributed by atoms with Crippen LogP contribution in [0.1, 0.15) is 33.5 Å². The van der Waals surface area contributed by atoms with E-state index < -0.39 is 24.3 Å². The van der Waals surface area contributed by atoms with Crippen molar-refractivity contribution in [1.82, 2.24) is 0 Å². The van der Waals surface area contributed by atoms with Gasteiger partial charge in [0, 0.05) is 12.0 Å². The van der Waals surface area contributed by atoms with Crippen molar-refractivity contribution in [3.8, 4) is 0 Å². The maximum atomic E-state index is 12.1. The van der Waals surface area contributed by atoms with Gasteiger partial charge in [-0.1, -0.05) is 12.1 Å². The highest BCUT2D eigenvalue weighted by Crippen LogP contribution is 2.22. The second-order valence-electron chi connectivity index (χ2n) is 4.33. The zero-order chi connectivity index (χ0) is 14.8. The van der Waals surface area contributed by atoms with Gasteiger partial charge in [0.25, 0.3) is 0 Å². The fourth-order valence-electron chi connectivity index (χ4n) is 1.93. The summed E-state index contributed by atoms with van der Waals surface area (Å²) in [6.45, 7) is 3.30. The number of Topliss-reactive ketones (excluding diaryl/α,β-unsaturated/α-hetero) is 1. The van der Waals surface area contributed by atoms with Crippen LogP contribution in [0.15, 0.2) is 12.1 Å². The number of hydrogen-bond acceptors (Lipinski definition) is 2. The Morgan fingerprint density at radius 2 is 1.79 bits per heavy atom. The van der Waals surface area contributed by atoms with Crippen molar-refractivity contribution in [1.29, 1.82) is 0 Å². The molecule has 3 nitrogen and oxygen atoms in total. The lowest BCUT2D eigenvalue weighted by Crippen LogP contribution is -2.23. The van der Waals surface area contributed by atoms with E-state index in [9.17, 15) is 22.8 Å². The van der Waals surface area contributed by atoms with Gasteiger partial charge in [-0.25, -0.2) is 0 Å². The van der Waals surface area contributed by atoms with E-state index in [2.05, 4.69) is 0 Å². The van der Waals surface area contributed by atoms with E-state index in [0.717, 1.165) is 0 Å². The van der Waals surface area contributed by atoms with Crippen LogP contribution in [0, 0.1) is 13.8 Å². The van der Waals surface area contributed by atoms with Gasteiger partial charge >= 0.3 is 6.18 Å². The van der Waals surface area contributed by atoms with E-state index in [4.69, 9.17) is 5.73 Å². The number of ketones is 1. The molecule has 0 aliphatic carbocycles. The third-order valence-electron chi connectivity index (χ3n) is 2.97. The first-order chi connectivity index (χ1) is 8.64. The molecule has 0 saturated carbocycles. The monoisotopic (exact) mass is 273 g/mol. The third-order valence-corrected chi connectivity index (χ3v) is 2.97. The van der Waals surface area contributed by atoms with E-state index in [-0.39, 0.29) is 6.42 Å². The largest absolute Gasteiger partial charge is 0.449 e. The summed E-state index contributed by atoms with van der Waals surface area (Å²) in [5, 5.41) is 0. The Morgan fingerprint density at radius 3 is 2.26 bits per heavy atom. The summed E-state index contributed by atoms with van der Waals surface area (Å²) in [6, 6.07) is 3.22. The average Bonchev–Trinajstić information content (AvgIpc) is 2.25. The lowest BCUT2D eigenvalue weighted by Gasteiger charge is -2.12. The second-order valence-corrected chi connectivity index (χ2v) is 4.33. The predicted molar refractivity (Wildman–Crippen MR) is 63.8 cm³/mol. The lowest BCUT2D eigenvalue weighted by atomic mass is 9.94. The molecule has 0 heterocycles. The molecule has 0 spiro atoms. The Morgan fingerprint density at radius 1 is 1.21 bits per heavy atom. The van der Waals surface area contributed by atoms with Crippen LogP contribution < -0.4 is 5.73 Å². The van der Waals surface area contributed by atoms with Gasteiger partial charge in [-0.2, -0.15) is 13.2 Å². The van der Waals surface area contributed by atoms with Crippen molar-refractivity contribution >= 4 is 11.7 Å². The SMILES string of the molecule is Cc1ccc(CCC(=O)C(F)(F)F)c(C)c1C(N)=O. The highest BCUT2D eigenvalue weighted by molar-refractivity contribution is 5.96. The first kappa shape index (κ1) is 15.2. The van der Waals surface area contributed by atoms with Gasteiger partial charge in [-0.3, -0.25) is 9.59 Å². The Hall–Kier alpha value is -1.85. The standard InChI is InChI=1S/C13H14F3NO2/c1-7-3-4-9(8(2)11(7)12(17)19)5-6-10(18)13(14,15)16/h3-4H,5-6H2,1-2H3,(H2,17,19). The van der Waals surface area contributed by atoms with Gasteiger partial charge in [0.05, 0.1) is 0 Å². The van der Waals surface area contributed by atoms with Crippen LogP contribution >= 0.6 is 0 Å². The molecule has 0 radical (unpaired) electrons. The van der Waals surface area contributed by atoms with E-state index in [1.165, 1.54) is 0 Å². The fourth-order valence-corrected chi connectivity index (χ4v) is 1.93. The molecule has 6 heteroatoms. The van der Waals surface area contributed by atoms with Gasteiger partial charge in [-0.15, -0.1) is 0 Å². The molecule has 19 heavy (non-hydrogen) atoms. The summed E-state index contributed by atoms with van der Waals surface area (Å²) in [5.41, 5.74) is 7.24. The van der Waals surface area contributed by atoms with Crippen LogP contribution in [0.5, 0.6) is 0 Å². The summed E-state index contributed by atoms with van der Waals surface area (Å²) in [4.78, 5) is 22.1. The molecule has 0 atom stereocenters. The summed E-state index contributed by atoms with van der Waals surface area (Å²) < 4.78 is 36.3. The predicted octanol–water partition coefficient (Wildman–Crippen LogP) is 2.47. The molecule has 0 unspecified atom stereocenters. The third kappa shape index (κ3) is 3.56. The van der Waals surface area contributed by atoms with Gasteiger partial charge in [-0.05, 0) is 37.0 Å². The minimum atomic E-state index is -4.81.